The summed E-state index contributed by atoms with van der Waals surface area (Å²) in [7, 11) is 0. The number of nitrogens with zero attached hydrogens (tertiary/aromatic N) is 4. The smallest absolute Gasteiger partial charge is 0.282 e. The first-order chi connectivity index (χ1) is 14.2. The van der Waals surface area contributed by atoms with Crippen LogP contribution < -0.4 is 4.74 Å². The second-order valence-electron chi connectivity index (χ2n) is 8.91. The Balaban J connectivity index is 0.000000204. The summed E-state index contributed by atoms with van der Waals surface area (Å²) >= 11 is 0. The van der Waals surface area contributed by atoms with E-state index in [0.29, 0.717) is 5.92 Å². The van der Waals surface area contributed by atoms with E-state index in [0.717, 1.165) is 62.8 Å². The van der Waals surface area contributed by atoms with Gasteiger partial charge in [0.25, 0.3) is 6.43 Å². The number of halogens is 2. The molecule has 2 aliphatic heterocycles. The largest absolute Gasteiger partial charge is 0.478 e. The summed E-state index contributed by atoms with van der Waals surface area (Å²) in [6.45, 7) is 16.9. The van der Waals surface area contributed by atoms with Crippen molar-refractivity contribution in [2.45, 2.75) is 105 Å². The molecule has 0 atom stereocenters. The fourth-order valence-corrected chi connectivity index (χ4v) is 3.93. The van der Waals surface area contributed by atoms with Crippen LogP contribution in [0.2, 0.25) is 0 Å². The number of hydrogen-bond acceptors (Lipinski definition) is 3. The van der Waals surface area contributed by atoms with E-state index in [-0.39, 0.29) is 11.1 Å². The van der Waals surface area contributed by atoms with Gasteiger partial charge >= 0.3 is 0 Å². The molecular formula is C23H38F2N4O. The number of fused-ring (bicyclic) bond motifs is 2. The second kappa shape index (κ2) is 10.4. The minimum absolute atomic E-state index is 0.00981. The van der Waals surface area contributed by atoms with Gasteiger partial charge in [0.05, 0.1) is 18.5 Å². The summed E-state index contributed by atoms with van der Waals surface area (Å²) in [5.41, 5.74) is 1.67. The van der Waals surface area contributed by atoms with Crippen LogP contribution in [0.25, 0.3) is 0 Å². The Bertz CT molecular complexity index is 803. The van der Waals surface area contributed by atoms with Crippen LogP contribution in [0.5, 0.6) is 5.88 Å². The van der Waals surface area contributed by atoms with Gasteiger partial charge in [0.2, 0.25) is 5.88 Å². The Morgan fingerprint density at radius 3 is 2.37 bits per heavy atom. The SMILES string of the molecule is CC.CC(C)(C)c1c(C(F)F)nc2n1CCCC2.CC(C)c1cnn2c1OCCC2. The summed E-state index contributed by atoms with van der Waals surface area (Å²) in [4.78, 5) is 4.13. The molecule has 2 aromatic heterocycles. The maximum Gasteiger partial charge on any atom is 0.282 e. The molecule has 2 aliphatic rings. The molecule has 5 nitrogen and oxygen atoms in total. The first-order valence-electron chi connectivity index (χ1n) is 11.3. The lowest BCUT2D eigenvalue weighted by atomic mass is 9.90. The van der Waals surface area contributed by atoms with E-state index >= 15 is 0 Å². The van der Waals surface area contributed by atoms with Gasteiger partial charge in [-0.3, -0.25) is 0 Å². The topological polar surface area (TPSA) is 44.9 Å². The third-order valence-electron chi connectivity index (χ3n) is 5.22. The van der Waals surface area contributed by atoms with Gasteiger partial charge in [-0.25, -0.2) is 18.4 Å². The molecule has 30 heavy (non-hydrogen) atoms. The highest BCUT2D eigenvalue weighted by Crippen LogP contribution is 2.34. The maximum atomic E-state index is 13.0. The van der Waals surface area contributed by atoms with Gasteiger partial charge in [0.15, 0.2) is 0 Å². The lowest BCUT2D eigenvalue weighted by Gasteiger charge is -2.25. The third kappa shape index (κ3) is 5.41. The third-order valence-corrected chi connectivity index (χ3v) is 5.22. The molecule has 2 aromatic rings. The minimum Gasteiger partial charge on any atom is -0.478 e. The number of alkyl halides is 2. The van der Waals surface area contributed by atoms with E-state index in [9.17, 15) is 8.78 Å². The molecule has 0 fully saturated rings. The summed E-state index contributed by atoms with van der Waals surface area (Å²) in [5.74, 6) is 2.33. The van der Waals surface area contributed by atoms with Gasteiger partial charge in [-0.1, -0.05) is 48.5 Å². The van der Waals surface area contributed by atoms with Crippen molar-refractivity contribution in [2.75, 3.05) is 6.61 Å². The average Bonchev–Trinajstić information content (AvgIpc) is 3.31. The van der Waals surface area contributed by atoms with Crippen molar-refractivity contribution in [1.29, 1.82) is 0 Å². The van der Waals surface area contributed by atoms with Crippen LogP contribution in [-0.4, -0.2) is 25.9 Å². The molecule has 0 N–H and O–H groups in total. The van der Waals surface area contributed by atoms with Crippen molar-refractivity contribution in [3.05, 3.63) is 29.0 Å². The molecule has 0 amide bonds. The van der Waals surface area contributed by atoms with E-state index in [1.807, 2.05) is 50.1 Å². The van der Waals surface area contributed by atoms with E-state index in [1.165, 1.54) is 5.56 Å². The van der Waals surface area contributed by atoms with Crippen LogP contribution in [-0.2, 0) is 24.9 Å². The van der Waals surface area contributed by atoms with Gasteiger partial charge in [-0.2, -0.15) is 5.10 Å². The maximum absolute atomic E-state index is 13.0. The van der Waals surface area contributed by atoms with Crippen molar-refractivity contribution in [3.63, 3.8) is 0 Å². The molecule has 0 saturated carbocycles. The van der Waals surface area contributed by atoms with Gasteiger partial charge < -0.3 is 9.30 Å². The van der Waals surface area contributed by atoms with Gasteiger partial charge in [-0.15, -0.1) is 0 Å². The van der Waals surface area contributed by atoms with E-state index in [1.54, 1.807) is 0 Å². The molecule has 0 spiro atoms. The molecular weight excluding hydrogens is 386 g/mol. The van der Waals surface area contributed by atoms with E-state index in [4.69, 9.17) is 4.74 Å². The molecule has 0 radical (unpaired) electrons. The molecule has 170 valence electrons. The van der Waals surface area contributed by atoms with Crippen molar-refractivity contribution >= 4 is 0 Å². The number of ether oxygens (including phenoxy) is 1. The van der Waals surface area contributed by atoms with Crippen molar-refractivity contribution in [3.8, 4) is 5.88 Å². The number of aryl methyl sites for hydroxylation is 2. The van der Waals surface area contributed by atoms with Crippen LogP contribution in [0.3, 0.4) is 0 Å². The van der Waals surface area contributed by atoms with Crippen LogP contribution in [0.1, 0.15) is 103 Å². The Morgan fingerprint density at radius 2 is 1.77 bits per heavy atom. The first-order valence-corrected chi connectivity index (χ1v) is 11.3. The predicted octanol–water partition coefficient (Wildman–Crippen LogP) is 6.27. The Hall–Kier alpha value is -1.92. The highest BCUT2D eigenvalue weighted by Gasteiger charge is 2.31. The summed E-state index contributed by atoms with van der Waals surface area (Å²) in [6, 6.07) is 0. The first kappa shape index (κ1) is 24.4. The molecule has 0 aliphatic carbocycles. The summed E-state index contributed by atoms with van der Waals surface area (Å²) < 4.78 is 35.5. The number of rotatable bonds is 2. The summed E-state index contributed by atoms with van der Waals surface area (Å²) in [6.07, 6.45) is 3.48. The second-order valence-corrected chi connectivity index (χ2v) is 8.91. The number of aromatic nitrogens is 4. The molecule has 7 heteroatoms. The molecule has 0 unspecified atom stereocenters. The molecule has 4 heterocycles. The highest BCUT2D eigenvalue weighted by atomic mass is 19.3. The van der Waals surface area contributed by atoms with E-state index < -0.39 is 6.43 Å². The number of imidazole rings is 1. The molecule has 4 rings (SSSR count). The molecule has 0 saturated heterocycles. The lowest BCUT2D eigenvalue weighted by molar-refractivity contribution is 0.143. The zero-order chi connectivity index (χ0) is 22.5. The van der Waals surface area contributed by atoms with Crippen LogP contribution >= 0.6 is 0 Å². The zero-order valence-electron chi connectivity index (χ0n) is 19.6. The van der Waals surface area contributed by atoms with Crippen molar-refractivity contribution < 1.29 is 13.5 Å². The van der Waals surface area contributed by atoms with Crippen LogP contribution in [0, 0.1) is 0 Å². The highest BCUT2D eigenvalue weighted by molar-refractivity contribution is 5.28. The summed E-state index contributed by atoms with van der Waals surface area (Å²) in [5, 5.41) is 4.27. The zero-order valence-corrected chi connectivity index (χ0v) is 19.6. The fourth-order valence-electron chi connectivity index (χ4n) is 3.93. The van der Waals surface area contributed by atoms with Crippen LogP contribution in [0.15, 0.2) is 6.20 Å². The molecule has 0 bridgehead atoms. The predicted molar refractivity (Wildman–Crippen MR) is 117 cm³/mol. The van der Waals surface area contributed by atoms with Gasteiger partial charge in [-0.05, 0) is 18.8 Å². The number of hydrogen-bond donors (Lipinski definition) is 0. The van der Waals surface area contributed by atoms with Crippen LogP contribution in [0.4, 0.5) is 8.78 Å². The average molecular weight is 425 g/mol. The fraction of sp³-hybridized carbons (Fsp3) is 0.739. The minimum atomic E-state index is -2.47. The Labute approximate surface area is 179 Å². The standard InChI is InChI=1S/C12H18F2N2.C9H14N2O.C2H6/c1-12(2,3)10-9(11(13)14)15-8-6-4-5-7-16(8)10;1-7(2)8-6-10-11-4-3-5-12-9(8)11;1-2/h11H,4-7H2,1-3H3;6-7H,3-5H2,1-2H3;1-2H3. The molecule has 0 aromatic carbocycles. The van der Waals surface area contributed by atoms with Crippen molar-refractivity contribution in [2.24, 2.45) is 0 Å². The van der Waals surface area contributed by atoms with Gasteiger partial charge in [0, 0.05) is 36.9 Å². The Kier molecular flexibility index (Phi) is 8.44. The normalized spacial score (nSPS) is 15.4. The quantitative estimate of drug-likeness (QED) is 0.571. The Morgan fingerprint density at radius 1 is 1.07 bits per heavy atom. The monoisotopic (exact) mass is 424 g/mol. The van der Waals surface area contributed by atoms with Gasteiger partial charge in [0.1, 0.15) is 11.5 Å². The van der Waals surface area contributed by atoms with E-state index in [2.05, 4.69) is 23.9 Å². The van der Waals surface area contributed by atoms with Crippen molar-refractivity contribution in [1.82, 2.24) is 19.3 Å². The lowest BCUT2D eigenvalue weighted by Crippen LogP contribution is -2.22.